The standard InChI is InChI=1S/C13H11BrN4O4/c1-18-10-8(11(20)17-13(18)22)9(15-12(21)16-10)6-4-5(14)2-3-7(6)19/h2-4,9,19H,1H3,(H2,15,16,21)(H,17,20,22). The van der Waals surface area contributed by atoms with E-state index in [0.717, 1.165) is 4.57 Å². The maximum atomic E-state index is 12.2. The average molecular weight is 367 g/mol. The van der Waals surface area contributed by atoms with Crippen LogP contribution in [0.2, 0.25) is 0 Å². The van der Waals surface area contributed by atoms with Gasteiger partial charge in [-0.05, 0) is 18.2 Å². The van der Waals surface area contributed by atoms with Crippen LogP contribution in [-0.4, -0.2) is 20.7 Å². The van der Waals surface area contributed by atoms with E-state index in [0.29, 0.717) is 10.0 Å². The summed E-state index contributed by atoms with van der Waals surface area (Å²) >= 11 is 3.28. The molecule has 3 rings (SSSR count). The van der Waals surface area contributed by atoms with Gasteiger partial charge in [0.15, 0.2) is 0 Å². The summed E-state index contributed by atoms with van der Waals surface area (Å²) in [4.78, 5) is 37.9. The van der Waals surface area contributed by atoms with Crippen LogP contribution >= 0.6 is 15.9 Å². The molecule has 22 heavy (non-hydrogen) atoms. The van der Waals surface area contributed by atoms with Crippen molar-refractivity contribution in [2.45, 2.75) is 6.04 Å². The van der Waals surface area contributed by atoms with Crippen LogP contribution in [-0.2, 0) is 7.05 Å². The lowest BCUT2D eigenvalue weighted by atomic mass is 9.98. The van der Waals surface area contributed by atoms with Crippen LogP contribution in [0.25, 0.3) is 0 Å². The predicted octanol–water partition coefficient (Wildman–Crippen LogP) is 0.766. The van der Waals surface area contributed by atoms with Crippen molar-refractivity contribution in [2.24, 2.45) is 7.05 Å². The minimum atomic E-state index is -0.878. The van der Waals surface area contributed by atoms with Crippen molar-refractivity contribution in [1.29, 1.82) is 0 Å². The predicted molar refractivity (Wildman–Crippen MR) is 82.1 cm³/mol. The number of amides is 2. The van der Waals surface area contributed by atoms with E-state index in [1.54, 1.807) is 12.1 Å². The van der Waals surface area contributed by atoms with E-state index in [-0.39, 0.29) is 17.1 Å². The van der Waals surface area contributed by atoms with Gasteiger partial charge in [-0.25, -0.2) is 9.59 Å². The number of aromatic amines is 1. The number of urea groups is 1. The van der Waals surface area contributed by atoms with Gasteiger partial charge in [0.25, 0.3) is 5.56 Å². The molecule has 0 radical (unpaired) electrons. The van der Waals surface area contributed by atoms with Crippen molar-refractivity contribution >= 4 is 27.8 Å². The molecule has 8 nitrogen and oxygen atoms in total. The number of fused-ring (bicyclic) bond motifs is 1. The van der Waals surface area contributed by atoms with Crippen molar-refractivity contribution in [2.75, 3.05) is 5.32 Å². The summed E-state index contributed by atoms with van der Waals surface area (Å²) in [5.41, 5.74) is -0.775. The molecule has 4 N–H and O–H groups in total. The van der Waals surface area contributed by atoms with Crippen LogP contribution in [0.4, 0.5) is 10.6 Å². The van der Waals surface area contributed by atoms with Crippen LogP contribution in [0, 0.1) is 0 Å². The highest BCUT2D eigenvalue weighted by atomic mass is 79.9. The third-order valence-corrected chi connectivity index (χ3v) is 3.95. The quantitative estimate of drug-likeness (QED) is 0.596. The first-order valence-electron chi connectivity index (χ1n) is 6.27. The Labute approximate surface area is 131 Å². The number of rotatable bonds is 1. The number of nitrogens with one attached hydrogen (secondary N) is 3. The minimum absolute atomic E-state index is 0.0744. The molecule has 1 aliphatic heterocycles. The van der Waals surface area contributed by atoms with E-state index in [9.17, 15) is 19.5 Å². The third-order valence-electron chi connectivity index (χ3n) is 3.46. The second-order valence-electron chi connectivity index (χ2n) is 4.82. The Hall–Kier alpha value is -2.55. The van der Waals surface area contributed by atoms with Crippen molar-refractivity contribution in [3.63, 3.8) is 0 Å². The number of carbonyl (C=O) groups excluding carboxylic acids is 1. The maximum absolute atomic E-state index is 12.2. The monoisotopic (exact) mass is 366 g/mol. The Morgan fingerprint density at radius 2 is 2.00 bits per heavy atom. The van der Waals surface area contributed by atoms with E-state index in [4.69, 9.17) is 0 Å². The summed E-state index contributed by atoms with van der Waals surface area (Å²) in [7, 11) is 1.43. The third kappa shape index (κ3) is 2.19. The second-order valence-corrected chi connectivity index (χ2v) is 5.73. The van der Waals surface area contributed by atoms with Crippen LogP contribution in [0.3, 0.4) is 0 Å². The van der Waals surface area contributed by atoms with Gasteiger partial charge in [0, 0.05) is 17.1 Å². The van der Waals surface area contributed by atoms with Crippen molar-refractivity contribution < 1.29 is 9.90 Å². The number of phenols is 1. The molecule has 0 spiro atoms. The van der Waals surface area contributed by atoms with Gasteiger partial charge in [0.05, 0.1) is 11.6 Å². The summed E-state index contributed by atoms with van der Waals surface area (Å²) in [5, 5.41) is 15.1. The summed E-state index contributed by atoms with van der Waals surface area (Å²) in [6.45, 7) is 0. The van der Waals surface area contributed by atoms with Crippen LogP contribution < -0.4 is 21.9 Å². The number of halogens is 1. The Bertz CT molecular complexity index is 902. The number of hydrogen-bond donors (Lipinski definition) is 4. The number of hydrogen-bond acceptors (Lipinski definition) is 4. The smallest absolute Gasteiger partial charge is 0.329 e. The van der Waals surface area contributed by atoms with Gasteiger partial charge in [-0.3, -0.25) is 19.7 Å². The number of phenolic OH excluding ortho intramolecular Hbond substituents is 1. The first-order valence-corrected chi connectivity index (χ1v) is 7.07. The van der Waals surface area contributed by atoms with Gasteiger partial charge in [-0.15, -0.1) is 0 Å². The highest BCUT2D eigenvalue weighted by molar-refractivity contribution is 9.10. The fourth-order valence-corrected chi connectivity index (χ4v) is 2.77. The molecular formula is C13H11BrN4O4. The van der Waals surface area contributed by atoms with Gasteiger partial charge < -0.3 is 10.4 Å². The number of aromatic hydroxyl groups is 1. The van der Waals surface area contributed by atoms with Crippen LogP contribution in [0.15, 0.2) is 32.3 Å². The topological polar surface area (TPSA) is 116 Å². The van der Waals surface area contributed by atoms with E-state index in [1.807, 2.05) is 0 Å². The molecule has 0 aliphatic carbocycles. The fraction of sp³-hybridized carbons (Fsp3) is 0.154. The van der Waals surface area contributed by atoms with Crippen LogP contribution in [0.5, 0.6) is 5.75 Å². The van der Waals surface area contributed by atoms with Crippen molar-refractivity contribution in [1.82, 2.24) is 14.9 Å². The first kappa shape index (κ1) is 14.4. The average Bonchev–Trinajstić information content (AvgIpc) is 2.46. The molecule has 1 aromatic carbocycles. The molecule has 1 aromatic heterocycles. The molecule has 114 valence electrons. The molecule has 2 heterocycles. The molecule has 9 heteroatoms. The summed E-state index contributed by atoms with van der Waals surface area (Å²) in [6.07, 6.45) is 0. The van der Waals surface area contributed by atoms with Crippen molar-refractivity contribution in [3.05, 3.63) is 54.6 Å². The number of aromatic nitrogens is 2. The lowest BCUT2D eigenvalue weighted by molar-refractivity contribution is 0.248. The Kier molecular flexibility index (Phi) is 3.28. The zero-order valence-corrected chi connectivity index (χ0v) is 12.9. The van der Waals surface area contributed by atoms with Gasteiger partial charge >= 0.3 is 11.7 Å². The summed E-state index contributed by atoms with van der Waals surface area (Å²) in [6, 6.07) is 3.23. The lowest BCUT2D eigenvalue weighted by Crippen LogP contribution is -2.46. The fourth-order valence-electron chi connectivity index (χ4n) is 2.39. The SMILES string of the molecule is Cn1c2c(c(=O)[nH]c1=O)C(c1cc(Br)ccc1O)NC(=O)N2. The molecule has 0 saturated heterocycles. The van der Waals surface area contributed by atoms with Gasteiger partial charge in [0.1, 0.15) is 11.6 Å². The largest absolute Gasteiger partial charge is 0.508 e. The zero-order chi connectivity index (χ0) is 16.0. The Morgan fingerprint density at radius 1 is 1.27 bits per heavy atom. The molecule has 1 unspecified atom stereocenters. The molecule has 0 saturated carbocycles. The van der Waals surface area contributed by atoms with E-state index < -0.39 is 23.3 Å². The highest BCUT2D eigenvalue weighted by Crippen LogP contribution is 2.34. The number of benzene rings is 1. The summed E-state index contributed by atoms with van der Waals surface area (Å²) in [5.74, 6) is 0.0245. The van der Waals surface area contributed by atoms with Gasteiger partial charge in [-0.1, -0.05) is 15.9 Å². The maximum Gasteiger partial charge on any atom is 0.329 e. The zero-order valence-electron chi connectivity index (χ0n) is 11.3. The minimum Gasteiger partial charge on any atom is -0.508 e. The van der Waals surface area contributed by atoms with Gasteiger partial charge in [0.2, 0.25) is 0 Å². The van der Waals surface area contributed by atoms with Crippen molar-refractivity contribution in [3.8, 4) is 5.75 Å². The number of nitrogens with zero attached hydrogens (tertiary/aromatic N) is 1. The van der Waals surface area contributed by atoms with E-state index in [2.05, 4.69) is 31.5 Å². The number of carbonyl (C=O) groups is 1. The molecule has 1 atom stereocenters. The first-order chi connectivity index (χ1) is 10.4. The summed E-state index contributed by atoms with van der Waals surface area (Å²) < 4.78 is 1.81. The number of H-pyrrole nitrogens is 1. The molecular weight excluding hydrogens is 356 g/mol. The van der Waals surface area contributed by atoms with Gasteiger partial charge in [-0.2, -0.15) is 0 Å². The molecule has 0 bridgehead atoms. The van der Waals surface area contributed by atoms with Crippen LogP contribution in [0.1, 0.15) is 17.2 Å². The molecule has 2 aromatic rings. The molecule has 0 fully saturated rings. The Morgan fingerprint density at radius 3 is 2.73 bits per heavy atom. The van der Waals surface area contributed by atoms with E-state index in [1.165, 1.54) is 13.1 Å². The highest BCUT2D eigenvalue weighted by Gasteiger charge is 2.32. The Balaban J connectivity index is 2.31. The normalized spacial score (nSPS) is 16.6. The lowest BCUT2D eigenvalue weighted by Gasteiger charge is -2.28. The second kappa shape index (κ2) is 5.02. The molecule has 2 amide bonds. The number of anilines is 1. The van der Waals surface area contributed by atoms with E-state index >= 15 is 0 Å². The molecule has 1 aliphatic rings.